The molecule has 0 aliphatic rings. The highest BCUT2D eigenvalue weighted by molar-refractivity contribution is 6.02. The predicted octanol–water partition coefficient (Wildman–Crippen LogP) is 1.94. The maximum absolute atomic E-state index is 10.9. The van der Waals surface area contributed by atoms with Crippen LogP contribution >= 0.6 is 0 Å². The number of carbonyl (C=O) groups is 1. The summed E-state index contributed by atoms with van der Waals surface area (Å²) < 4.78 is 4.96. The van der Waals surface area contributed by atoms with Gasteiger partial charge in [-0.05, 0) is 18.2 Å². The first-order chi connectivity index (χ1) is 7.22. The number of rotatable bonds is 2. The number of nitrogens with zero attached hydrogens (tertiary/aromatic N) is 1. The van der Waals surface area contributed by atoms with Crippen LogP contribution in [0.1, 0.15) is 10.4 Å². The second kappa shape index (κ2) is 3.57. The van der Waals surface area contributed by atoms with E-state index in [0.29, 0.717) is 16.8 Å². The molecule has 0 spiro atoms. The van der Waals surface area contributed by atoms with E-state index in [9.17, 15) is 4.79 Å². The van der Waals surface area contributed by atoms with Crippen molar-refractivity contribution in [3.63, 3.8) is 0 Å². The number of benzene rings is 1. The molecule has 0 fully saturated rings. The minimum Gasteiger partial charge on any atom is -0.481 e. The summed E-state index contributed by atoms with van der Waals surface area (Å²) in [6, 6.07) is 8.32. The lowest BCUT2D eigenvalue weighted by Crippen LogP contribution is -1.98. The van der Waals surface area contributed by atoms with E-state index in [0.717, 1.165) is 0 Å². The van der Waals surface area contributed by atoms with E-state index in [-0.39, 0.29) is 5.56 Å². The Balaban J connectivity index is 2.72. The number of aromatic carboxylic acids is 1. The van der Waals surface area contributed by atoms with Crippen LogP contribution in [0.15, 0.2) is 30.3 Å². The summed E-state index contributed by atoms with van der Waals surface area (Å²) >= 11 is 0. The van der Waals surface area contributed by atoms with Gasteiger partial charge in [0.05, 0.1) is 18.2 Å². The molecular formula is C11H9NO3. The first-order valence-corrected chi connectivity index (χ1v) is 4.39. The summed E-state index contributed by atoms with van der Waals surface area (Å²) in [7, 11) is 1.52. The lowest BCUT2D eigenvalue weighted by molar-refractivity contribution is 0.0699. The van der Waals surface area contributed by atoms with Crippen LogP contribution in [0.5, 0.6) is 5.88 Å². The zero-order chi connectivity index (χ0) is 10.8. The Labute approximate surface area is 86.1 Å². The fraction of sp³-hybridized carbons (Fsp3) is 0.0909. The van der Waals surface area contributed by atoms with Crippen molar-refractivity contribution in [2.24, 2.45) is 0 Å². The van der Waals surface area contributed by atoms with Gasteiger partial charge in [0.1, 0.15) is 0 Å². The van der Waals surface area contributed by atoms with Crippen molar-refractivity contribution in [3.8, 4) is 5.88 Å². The van der Waals surface area contributed by atoms with E-state index in [1.807, 2.05) is 0 Å². The Morgan fingerprint density at radius 3 is 2.80 bits per heavy atom. The molecule has 0 aliphatic heterocycles. The Bertz CT molecular complexity index is 522. The Morgan fingerprint density at radius 1 is 1.33 bits per heavy atom. The number of ether oxygens (including phenoxy) is 1. The van der Waals surface area contributed by atoms with Gasteiger partial charge in [-0.25, -0.2) is 9.78 Å². The van der Waals surface area contributed by atoms with Gasteiger partial charge in [0.2, 0.25) is 5.88 Å². The Kier molecular flexibility index (Phi) is 2.25. The molecule has 1 N–H and O–H groups in total. The average molecular weight is 203 g/mol. The van der Waals surface area contributed by atoms with Crippen molar-refractivity contribution in [2.75, 3.05) is 7.11 Å². The van der Waals surface area contributed by atoms with Gasteiger partial charge in [-0.1, -0.05) is 6.07 Å². The molecule has 0 atom stereocenters. The molecule has 4 nitrogen and oxygen atoms in total. The predicted molar refractivity (Wildman–Crippen MR) is 55.3 cm³/mol. The van der Waals surface area contributed by atoms with Crippen molar-refractivity contribution >= 4 is 16.9 Å². The monoisotopic (exact) mass is 203 g/mol. The maximum atomic E-state index is 10.9. The molecule has 0 amide bonds. The SMILES string of the molecule is COc1ccc2c(C(=O)O)cccc2n1. The van der Waals surface area contributed by atoms with Crippen molar-refractivity contribution < 1.29 is 14.6 Å². The molecule has 0 bridgehead atoms. The third kappa shape index (κ3) is 1.61. The fourth-order valence-corrected chi connectivity index (χ4v) is 1.44. The maximum Gasteiger partial charge on any atom is 0.336 e. The average Bonchev–Trinajstić information content (AvgIpc) is 2.27. The molecule has 1 heterocycles. The molecule has 2 aromatic rings. The number of hydrogen-bond donors (Lipinski definition) is 1. The van der Waals surface area contributed by atoms with Crippen molar-refractivity contribution in [2.45, 2.75) is 0 Å². The molecule has 1 aromatic heterocycles. The van der Waals surface area contributed by atoms with Crippen molar-refractivity contribution in [1.29, 1.82) is 0 Å². The number of carboxylic acids is 1. The largest absolute Gasteiger partial charge is 0.481 e. The van der Waals surface area contributed by atoms with E-state index in [2.05, 4.69) is 4.98 Å². The van der Waals surface area contributed by atoms with E-state index in [4.69, 9.17) is 9.84 Å². The molecule has 0 unspecified atom stereocenters. The number of pyridine rings is 1. The Morgan fingerprint density at radius 2 is 2.13 bits per heavy atom. The molecule has 76 valence electrons. The summed E-state index contributed by atoms with van der Waals surface area (Å²) in [4.78, 5) is 15.1. The smallest absolute Gasteiger partial charge is 0.336 e. The second-order valence-electron chi connectivity index (χ2n) is 3.03. The van der Waals surface area contributed by atoms with E-state index in [1.165, 1.54) is 7.11 Å². The van der Waals surface area contributed by atoms with Crippen LogP contribution in [0.25, 0.3) is 10.9 Å². The lowest BCUT2D eigenvalue weighted by atomic mass is 10.1. The first-order valence-electron chi connectivity index (χ1n) is 4.39. The number of methoxy groups -OCH3 is 1. The van der Waals surface area contributed by atoms with Crippen molar-refractivity contribution in [1.82, 2.24) is 4.98 Å². The van der Waals surface area contributed by atoms with Crippen LogP contribution in [0, 0.1) is 0 Å². The minimum atomic E-state index is -0.951. The van der Waals surface area contributed by atoms with Gasteiger partial charge in [0.15, 0.2) is 0 Å². The summed E-state index contributed by atoms with van der Waals surface area (Å²) in [6.07, 6.45) is 0. The molecule has 0 saturated heterocycles. The normalized spacial score (nSPS) is 10.2. The summed E-state index contributed by atoms with van der Waals surface area (Å²) in [6.45, 7) is 0. The summed E-state index contributed by atoms with van der Waals surface area (Å²) in [5, 5.41) is 9.57. The quantitative estimate of drug-likeness (QED) is 0.810. The van der Waals surface area contributed by atoms with Gasteiger partial charge in [0.25, 0.3) is 0 Å². The van der Waals surface area contributed by atoms with Crippen LogP contribution in [-0.2, 0) is 0 Å². The number of fused-ring (bicyclic) bond motifs is 1. The van der Waals surface area contributed by atoms with Gasteiger partial charge >= 0.3 is 5.97 Å². The minimum absolute atomic E-state index is 0.252. The molecular weight excluding hydrogens is 194 g/mol. The molecule has 0 aliphatic carbocycles. The lowest BCUT2D eigenvalue weighted by Gasteiger charge is -2.03. The fourth-order valence-electron chi connectivity index (χ4n) is 1.44. The molecule has 0 saturated carbocycles. The van der Waals surface area contributed by atoms with E-state index < -0.39 is 5.97 Å². The van der Waals surface area contributed by atoms with E-state index in [1.54, 1.807) is 30.3 Å². The van der Waals surface area contributed by atoms with Gasteiger partial charge in [-0.2, -0.15) is 0 Å². The van der Waals surface area contributed by atoms with Gasteiger partial charge in [-0.3, -0.25) is 0 Å². The number of hydrogen-bond acceptors (Lipinski definition) is 3. The standard InChI is InChI=1S/C11H9NO3/c1-15-10-6-5-7-8(11(13)14)3-2-4-9(7)12-10/h2-6H,1H3,(H,13,14). The molecule has 0 radical (unpaired) electrons. The summed E-state index contributed by atoms with van der Waals surface area (Å²) in [5.74, 6) is -0.474. The van der Waals surface area contributed by atoms with Gasteiger partial charge < -0.3 is 9.84 Å². The third-order valence-corrected chi connectivity index (χ3v) is 2.15. The highest BCUT2D eigenvalue weighted by Gasteiger charge is 2.08. The first kappa shape index (κ1) is 9.45. The van der Waals surface area contributed by atoms with Gasteiger partial charge in [-0.15, -0.1) is 0 Å². The number of carboxylic acid groups (broad SMARTS) is 1. The highest BCUT2D eigenvalue weighted by atomic mass is 16.5. The third-order valence-electron chi connectivity index (χ3n) is 2.15. The van der Waals surface area contributed by atoms with Crippen LogP contribution < -0.4 is 4.74 Å². The zero-order valence-corrected chi connectivity index (χ0v) is 8.10. The van der Waals surface area contributed by atoms with Crippen LogP contribution in [0.4, 0.5) is 0 Å². The molecule has 2 rings (SSSR count). The zero-order valence-electron chi connectivity index (χ0n) is 8.10. The second-order valence-corrected chi connectivity index (χ2v) is 3.03. The molecule has 4 heteroatoms. The van der Waals surface area contributed by atoms with Crippen molar-refractivity contribution in [3.05, 3.63) is 35.9 Å². The highest BCUT2D eigenvalue weighted by Crippen LogP contribution is 2.20. The molecule has 15 heavy (non-hydrogen) atoms. The van der Waals surface area contributed by atoms with Crippen LogP contribution in [-0.4, -0.2) is 23.2 Å². The topological polar surface area (TPSA) is 59.4 Å². The van der Waals surface area contributed by atoms with Gasteiger partial charge in [0, 0.05) is 11.5 Å². The molecule has 1 aromatic carbocycles. The van der Waals surface area contributed by atoms with Crippen LogP contribution in [0.3, 0.4) is 0 Å². The summed E-state index contributed by atoms with van der Waals surface area (Å²) in [5.41, 5.74) is 0.872. The van der Waals surface area contributed by atoms with Crippen LogP contribution in [0.2, 0.25) is 0 Å². The Hall–Kier alpha value is -2.10. The van der Waals surface area contributed by atoms with E-state index >= 15 is 0 Å². The number of aromatic nitrogens is 1.